The number of piperidine rings is 1. The fourth-order valence-electron chi connectivity index (χ4n) is 4.63. The second kappa shape index (κ2) is 8.02. The molecule has 29 heavy (non-hydrogen) atoms. The number of aliphatic carboxylic acids is 1. The third kappa shape index (κ3) is 3.57. The van der Waals surface area contributed by atoms with E-state index in [4.69, 9.17) is 9.47 Å². The second-order valence-electron chi connectivity index (χ2n) is 7.71. The van der Waals surface area contributed by atoms with E-state index in [0.717, 1.165) is 11.1 Å². The predicted molar refractivity (Wildman–Crippen MR) is 109 cm³/mol. The number of hydrogen-bond donors (Lipinski definition) is 4. The van der Waals surface area contributed by atoms with Crippen molar-refractivity contribution in [2.24, 2.45) is 11.8 Å². The summed E-state index contributed by atoms with van der Waals surface area (Å²) in [6.07, 6.45) is 0.281. The average molecular weight is 397 g/mol. The third-order valence-electron chi connectivity index (χ3n) is 6.06. The van der Waals surface area contributed by atoms with Gasteiger partial charge in [-0.15, -0.1) is 0 Å². The minimum atomic E-state index is -0.782. The lowest BCUT2D eigenvalue weighted by Gasteiger charge is -2.39. The first kappa shape index (κ1) is 19.7. The van der Waals surface area contributed by atoms with Crippen LogP contribution < -0.4 is 25.6 Å². The quantitative estimate of drug-likeness (QED) is 0.616. The van der Waals surface area contributed by atoms with Gasteiger partial charge in [0.25, 0.3) is 0 Å². The normalized spacial score (nSPS) is 28.6. The van der Waals surface area contributed by atoms with Crippen molar-refractivity contribution in [2.45, 2.75) is 31.6 Å². The molecule has 5 atom stereocenters. The zero-order valence-electron chi connectivity index (χ0n) is 16.8. The first-order chi connectivity index (χ1) is 14.0. The summed E-state index contributed by atoms with van der Waals surface area (Å²) in [6, 6.07) is 13.7. The molecular formula is C22H27N3O4. The summed E-state index contributed by atoms with van der Waals surface area (Å²) < 4.78 is 11.0. The number of para-hydroxylation sites is 1. The zero-order chi connectivity index (χ0) is 20.5. The highest BCUT2D eigenvalue weighted by Gasteiger charge is 2.49. The van der Waals surface area contributed by atoms with E-state index >= 15 is 0 Å². The number of nitrogens with one attached hydrogen (secondary N) is 3. The minimum absolute atomic E-state index is 0.0812. The Morgan fingerprint density at radius 3 is 2.48 bits per heavy atom. The molecule has 0 spiro atoms. The molecule has 5 unspecified atom stereocenters. The lowest BCUT2D eigenvalue weighted by Crippen LogP contribution is -2.53. The summed E-state index contributed by atoms with van der Waals surface area (Å²) in [5.41, 5.74) is 9.75. The van der Waals surface area contributed by atoms with Crippen molar-refractivity contribution in [3.63, 3.8) is 0 Å². The number of aryl methyl sites for hydroxylation is 1. The van der Waals surface area contributed by atoms with E-state index in [2.05, 4.69) is 40.4 Å². The molecule has 4 rings (SSSR count). The fourth-order valence-corrected chi connectivity index (χ4v) is 4.63. The smallest absolute Gasteiger partial charge is 0.307 e. The molecule has 2 aliphatic rings. The number of benzene rings is 2. The fraction of sp³-hybridized carbons (Fsp3) is 0.409. The van der Waals surface area contributed by atoms with Crippen molar-refractivity contribution < 1.29 is 19.4 Å². The van der Waals surface area contributed by atoms with E-state index in [0.29, 0.717) is 17.9 Å². The topological polar surface area (TPSA) is 91.9 Å². The van der Waals surface area contributed by atoms with Gasteiger partial charge in [0, 0.05) is 17.5 Å². The van der Waals surface area contributed by atoms with Crippen LogP contribution in [0.4, 0.5) is 0 Å². The van der Waals surface area contributed by atoms with E-state index in [9.17, 15) is 9.90 Å². The maximum absolute atomic E-state index is 12.2. The number of hydrazine groups is 1. The predicted octanol–water partition coefficient (Wildman–Crippen LogP) is 2.54. The lowest BCUT2D eigenvalue weighted by atomic mass is 9.74. The molecule has 0 amide bonds. The van der Waals surface area contributed by atoms with Crippen LogP contribution >= 0.6 is 0 Å². The highest BCUT2D eigenvalue weighted by Crippen LogP contribution is 2.45. The molecule has 0 bridgehead atoms. The molecule has 0 radical (unpaired) electrons. The summed E-state index contributed by atoms with van der Waals surface area (Å²) in [6.45, 7) is 2.04. The molecule has 2 aromatic rings. The van der Waals surface area contributed by atoms with E-state index in [1.54, 1.807) is 14.2 Å². The first-order valence-corrected chi connectivity index (χ1v) is 9.81. The number of carboxylic acid groups (broad SMARTS) is 1. The summed E-state index contributed by atoms with van der Waals surface area (Å²) in [4.78, 5) is 12.2. The van der Waals surface area contributed by atoms with Crippen molar-refractivity contribution in [3.05, 3.63) is 59.2 Å². The number of carboxylic acids is 1. The molecular weight excluding hydrogens is 370 g/mol. The highest BCUT2D eigenvalue weighted by atomic mass is 16.5. The first-order valence-electron chi connectivity index (χ1n) is 9.81. The van der Waals surface area contributed by atoms with Gasteiger partial charge in [0.05, 0.1) is 32.3 Å². The van der Waals surface area contributed by atoms with Crippen LogP contribution in [0.2, 0.25) is 0 Å². The van der Waals surface area contributed by atoms with Crippen LogP contribution in [0, 0.1) is 18.8 Å². The van der Waals surface area contributed by atoms with Gasteiger partial charge in [-0.1, -0.05) is 42.0 Å². The molecule has 2 saturated heterocycles. The molecule has 154 valence electrons. The molecule has 2 fully saturated rings. The van der Waals surface area contributed by atoms with Crippen LogP contribution in [0.1, 0.15) is 35.2 Å². The largest absolute Gasteiger partial charge is 0.493 e. The average Bonchev–Trinajstić information content (AvgIpc) is 3.16. The van der Waals surface area contributed by atoms with Crippen molar-refractivity contribution in [3.8, 4) is 11.5 Å². The van der Waals surface area contributed by atoms with Crippen molar-refractivity contribution >= 4 is 5.97 Å². The number of ether oxygens (including phenoxy) is 2. The van der Waals surface area contributed by atoms with Gasteiger partial charge in [0.1, 0.15) is 0 Å². The highest BCUT2D eigenvalue weighted by molar-refractivity contribution is 5.71. The van der Waals surface area contributed by atoms with Crippen molar-refractivity contribution in [2.75, 3.05) is 14.2 Å². The third-order valence-corrected chi connectivity index (χ3v) is 6.06. The van der Waals surface area contributed by atoms with E-state index < -0.39 is 11.9 Å². The molecule has 7 heteroatoms. The number of fused-ring (bicyclic) bond motifs is 1. The molecule has 7 nitrogen and oxygen atoms in total. The molecule has 0 aromatic heterocycles. The van der Waals surface area contributed by atoms with Gasteiger partial charge in [0.2, 0.25) is 0 Å². The Morgan fingerprint density at radius 1 is 1.07 bits per heavy atom. The number of methoxy groups -OCH3 is 2. The Hall–Kier alpha value is -2.61. The zero-order valence-corrected chi connectivity index (χ0v) is 16.8. The van der Waals surface area contributed by atoms with Gasteiger partial charge in [0.15, 0.2) is 11.5 Å². The molecule has 0 aliphatic carbocycles. The Labute approximate surface area is 170 Å². The van der Waals surface area contributed by atoms with E-state index in [1.165, 1.54) is 5.56 Å². The number of hydrogen-bond acceptors (Lipinski definition) is 6. The van der Waals surface area contributed by atoms with Crippen LogP contribution in [0.5, 0.6) is 11.5 Å². The summed E-state index contributed by atoms with van der Waals surface area (Å²) in [7, 11) is 3.20. The van der Waals surface area contributed by atoms with Gasteiger partial charge in [-0.2, -0.15) is 0 Å². The van der Waals surface area contributed by atoms with Crippen LogP contribution in [-0.2, 0) is 4.79 Å². The number of carbonyl (C=O) groups is 1. The Bertz CT molecular complexity index is 886. The summed E-state index contributed by atoms with van der Waals surface area (Å²) in [5.74, 6) is -0.151. The molecule has 0 saturated carbocycles. The van der Waals surface area contributed by atoms with E-state index in [1.807, 2.05) is 25.1 Å². The monoisotopic (exact) mass is 397 g/mol. The number of rotatable bonds is 5. The Morgan fingerprint density at radius 2 is 1.83 bits per heavy atom. The SMILES string of the molecule is COc1cccc(C2CC(C(=O)O)C3C(NNC3c3ccc(C)cc3)N2)c1OC. The van der Waals surface area contributed by atoms with E-state index in [-0.39, 0.29) is 24.2 Å². The second-order valence-corrected chi connectivity index (χ2v) is 7.71. The van der Waals surface area contributed by atoms with Gasteiger partial charge in [-0.3, -0.25) is 10.1 Å². The molecule has 4 N–H and O–H groups in total. The van der Waals surface area contributed by atoms with Crippen LogP contribution in [0.25, 0.3) is 0 Å². The van der Waals surface area contributed by atoms with Gasteiger partial charge >= 0.3 is 5.97 Å². The minimum Gasteiger partial charge on any atom is -0.493 e. The van der Waals surface area contributed by atoms with Crippen LogP contribution in [0.3, 0.4) is 0 Å². The summed E-state index contributed by atoms with van der Waals surface area (Å²) >= 11 is 0. The van der Waals surface area contributed by atoms with Crippen molar-refractivity contribution in [1.82, 2.24) is 16.2 Å². The maximum atomic E-state index is 12.2. The maximum Gasteiger partial charge on any atom is 0.307 e. The van der Waals surface area contributed by atoms with Gasteiger partial charge < -0.3 is 14.6 Å². The van der Waals surface area contributed by atoms with Gasteiger partial charge in [-0.25, -0.2) is 10.9 Å². The molecule has 2 aliphatic heterocycles. The molecule has 2 heterocycles. The Kier molecular flexibility index (Phi) is 5.45. The van der Waals surface area contributed by atoms with Crippen LogP contribution in [0.15, 0.2) is 42.5 Å². The van der Waals surface area contributed by atoms with Crippen LogP contribution in [-0.4, -0.2) is 31.5 Å². The Balaban J connectivity index is 1.66. The van der Waals surface area contributed by atoms with Gasteiger partial charge in [-0.05, 0) is 25.0 Å². The lowest BCUT2D eigenvalue weighted by molar-refractivity contribution is -0.146. The molecule has 2 aromatic carbocycles. The van der Waals surface area contributed by atoms with Crippen molar-refractivity contribution in [1.29, 1.82) is 0 Å². The standard InChI is InChI=1S/C22H27N3O4/c1-12-7-9-13(10-8-12)19-18-15(22(26)27)11-16(23-21(18)25-24-19)14-5-4-6-17(28-2)20(14)29-3/h4-10,15-16,18-19,21,23-25H,11H2,1-3H3,(H,26,27). The summed E-state index contributed by atoms with van der Waals surface area (Å²) in [5, 5.41) is 13.6.